The molecule has 5 N–H and O–H groups in total. The van der Waals surface area contributed by atoms with Crippen LogP contribution < -0.4 is 26.8 Å². The Morgan fingerprint density at radius 2 is 2.12 bits per heavy atom. The van der Waals surface area contributed by atoms with E-state index in [2.05, 4.69) is 25.4 Å². The molecule has 1 aliphatic heterocycles. The maximum Gasteiger partial charge on any atom is 0.294 e. The molecule has 0 spiro atoms. The van der Waals surface area contributed by atoms with Crippen LogP contribution in [0, 0.1) is 10.1 Å². The van der Waals surface area contributed by atoms with E-state index in [0.29, 0.717) is 5.82 Å². The van der Waals surface area contributed by atoms with Gasteiger partial charge in [0.05, 0.1) is 25.9 Å². The lowest BCUT2D eigenvalue weighted by molar-refractivity contribution is -0.757. The van der Waals surface area contributed by atoms with E-state index in [1.165, 1.54) is 6.92 Å². The van der Waals surface area contributed by atoms with E-state index in [1.54, 1.807) is 4.90 Å². The monoisotopic (exact) mass is 487 g/mol. The zero-order chi connectivity index (χ0) is 24.4. The summed E-state index contributed by atoms with van der Waals surface area (Å²) in [5.41, 5.74) is 5.44. The van der Waals surface area contributed by atoms with Gasteiger partial charge in [-0.1, -0.05) is 11.8 Å². The summed E-state index contributed by atoms with van der Waals surface area (Å²) in [6.45, 7) is 1.43. The second kappa shape index (κ2) is 12.6. The Bertz CT molecular complexity index is 940. The summed E-state index contributed by atoms with van der Waals surface area (Å²) in [6, 6.07) is -0.885. The molecule has 0 aromatic carbocycles. The van der Waals surface area contributed by atoms with Gasteiger partial charge >= 0.3 is 0 Å². The highest BCUT2D eigenvalue weighted by molar-refractivity contribution is 8.13. The maximum atomic E-state index is 12.5. The third-order valence-electron chi connectivity index (χ3n) is 4.30. The number of nitrogens with one attached hydrogen (secondary N) is 3. The van der Waals surface area contributed by atoms with Crippen molar-refractivity contribution in [2.45, 2.75) is 32.2 Å². The van der Waals surface area contributed by atoms with Crippen LogP contribution in [0.15, 0.2) is 4.79 Å². The molecule has 1 unspecified atom stereocenters. The third-order valence-corrected chi connectivity index (χ3v) is 5.33. The van der Waals surface area contributed by atoms with Crippen LogP contribution in [0.4, 0.5) is 17.5 Å². The van der Waals surface area contributed by atoms with Crippen LogP contribution >= 0.6 is 11.8 Å². The Hall–Kier alpha value is -3.40. The second-order valence-corrected chi connectivity index (χ2v) is 7.95. The molecule has 1 aliphatic rings. The van der Waals surface area contributed by atoms with Crippen molar-refractivity contribution in [3.8, 4) is 0 Å². The number of ketones is 1. The summed E-state index contributed by atoms with van der Waals surface area (Å²) < 4.78 is 5.51. The lowest BCUT2D eigenvalue weighted by Gasteiger charge is -2.18. The fourth-order valence-corrected chi connectivity index (χ4v) is 3.72. The number of aromatic nitrogens is 2. The minimum atomic E-state index is -0.935. The topological polar surface area (TPSA) is 212 Å². The number of H-pyrrole nitrogens is 1. The summed E-state index contributed by atoms with van der Waals surface area (Å²) in [5.74, 6) is -0.394. The molecular formula is C17H25N7O8S. The molecule has 0 saturated heterocycles. The molecule has 182 valence electrons. The number of nitrogen functional groups attached to an aromatic ring is 1. The number of nitrogens with two attached hydrogens (primary N) is 1. The number of carbonyl (C=O) groups excluding carboxylic acids is 3. The largest absolute Gasteiger partial charge is 0.369 e. The Morgan fingerprint density at radius 1 is 1.36 bits per heavy atom. The van der Waals surface area contributed by atoms with Crippen LogP contribution in [-0.2, 0) is 24.0 Å². The highest BCUT2D eigenvalue weighted by atomic mass is 32.2. The molecule has 1 atom stereocenters. The fourth-order valence-electron chi connectivity index (χ4n) is 2.81. The number of aromatic amines is 1. The van der Waals surface area contributed by atoms with Crippen molar-refractivity contribution in [3.05, 3.63) is 20.5 Å². The van der Waals surface area contributed by atoms with E-state index >= 15 is 0 Å². The number of anilines is 3. The highest BCUT2D eigenvalue weighted by Gasteiger charge is 2.24. The molecule has 33 heavy (non-hydrogen) atoms. The molecule has 0 bridgehead atoms. The van der Waals surface area contributed by atoms with E-state index in [4.69, 9.17) is 10.5 Å². The van der Waals surface area contributed by atoms with Crippen molar-refractivity contribution in [1.29, 1.82) is 0 Å². The van der Waals surface area contributed by atoms with E-state index in [0.717, 1.165) is 11.8 Å². The summed E-state index contributed by atoms with van der Waals surface area (Å²) in [5, 5.41) is 14.3. The smallest absolute Gasteiger partial charge is 0.294 e. The number of Topliss-reactive ketones (excluding diaryl/α,β-unsaturated/α-hetero) is 1. The van der Waals surface area contributed by atoms with E-state index in [9.17, 15) is 29.3 Å². The number of nitrogens with zero attached hydrogens (tertiary/aromatic N) is 3. The van der Waals surface area contributed by atoms with Gasteiger partial charge in [0.2, 0.25) is 11.9 Å². The van der Waals surface area contributed by atoms with Gasteiger partial charge in [0.1, 0.15) is 12.4 Å². The van der Waals surface area contributed by atoms with Gasteiger partial charge in [-0.2, -0.15) is 4.98 Å². The molecule has 2 rings (SSSR count). The molecule has 0 aliphatic carbocycles. The minimum Gasteiger partial charge on any atom is -0.369 e. The number of carbonyl (C=O) groups is 3. The van der Waals surface area contributed by atoms with Gasteiger partial charge in [-0.05, 0) is 6.42 Å². The Labute approximate surface area is 191 Å². The normalized spacial score (nSPS) is 13.1. The van der Waals surface area contributed by atoms with Crippen molar-refractivity contribution in [2.24, 2.45) is 0 Å². The highest BCUT2D eigenvalue weighted by Crippen LogP contribution is 2.25. The molecular weight excluding hydrogens is 462 g/mol. The minimum absolute atomic E-state index is 0.0184. The fraction of sp³-hybridized carbons (Fsp3) is 0.588. The number of thioether (sulfide) groups is 1. The van der Waals surface area contributed by atoms with Gasteiger partial charge in [-0.25, -0.2) is 0 Å². The van der Waals surface area contributed by atoms with Crippen LogP contribution in [0.2, 0.25) is 0 Å². The molecule has 0 radical (unpaired) electrons. The number of fused-ring (bicyclic) bond motifs is 1. The Balaban J connectivity index is 1.75. The van der Waals surface area contributed by atoms with Crippen LogP contribution in [-0.4, -0.2) is 70.3 Å². The van der Waals surface area contributed by atoms with E-state index < -0.39 is 22.6 Å². The number of amides is 1. The summed E-state index contributed by atoms with van der Waals surface area (Å²) >= 11 is 0.858. The average molecular weight is 487 g/mol. The van der Waals surface area contributed by atoms with Gasteiger partial charge in [0.25, 0.3) is 10.6 Å². The van der Waals surface area contributed by atoms with Gasteiger partial charge in [-0.15, -0.1) is 10.1 Å². The summed E-state index contributed by atoms with van der Waals surface area (Å²) in [4.78, 5) is 69.9. The van der Waals surface area contributed by atoms with Gasteiger partial charge < -0.3 is 30.8 Å². The van der Waals surface area contributed by atoms with Crippen LogP contribution in [0.1, 0.15) is 26.2 Å². The number of hydrogen-bond donors (Lipinski definition) is 4. The van der Waals surface area contributed by atoms with Crippen molar-refractivity contribution in [3.63, 3.8) is 0 Å². The first-order valence-corrected chi connectivity index (χ1v) is 10.8. The predicted octanol–water partition coefficient (Wildman–Crippen LogP) is -0.772. The number of hydrogen-bond acceptors (Lipinski definition) is 13. The molecule has 1 amide bonds. The van der Waals surface area contributed by atoms with Crippen molar-refractivity contribution in [1.82, 2.24) is 15.3 Å². The molecule has 2 heterocycles. The SMILES string of the molecule is CC(=O)NC(CSC(=O)CCCO[N+](=O)[O-])C(=O)CCOCN1CNc2c1nc(N)[nH]c2=O. The standard InChI is InChI=1S/C17H25N7O8S/c1-10(25)20-11(7-33-13(27)3-2-5-32-24(29)30)12(26)4-6-31-9-23-8-19-14-15(23)21-17(18)22-16(14)28/h11,19H,2-9H2,1H3,(H,20,25)(H3,18,21,22,28). The number of rotatable bonds is 14. The second-order valence-electron chi connectivity index (χ2n) is 6.87. The van der Waals surface area contributed by atoms with Crippen LogP contribution in [0.5, 0.6) is 0 Å². The average Bonchev–Trinajstić information content (AvgIpc) is 3.14. The zero-order valence-electron chi connectivity index (χ0n) is 17.8. The lowest BCUT2D eigenvalue weighted by Crippen LogP contribution is -2.42. The molecule has 15 nitrogen and oxygen atoms in total. The van der Waals surface area contributed by atoms with Gasteiger partial charge in [0.15, 0.2) is 16.7 Å². The van der Waals surface area contributed by atoms with Gasteiger partial charge in [0, 0.05) is 25.5 Å². The number of ether oxygens (including phenoxy) is 1. The first kappa shape index (κ1) is 25.9. The third kappa shape index (κ3) is 8.57. The molecule has 1 aromatic rings. The summed E-state index contributed by atoms with van der Waals surface area (Å²) in [6.07, 6.45) is 0.186. The lowest BCUT2D eigenvalue weighted by atomic mass is 10.1. The van der Waals surface area contributed by atoms with Gasteiger partial charge in [-0.3, -0.25) is 24.2 Å². The Kier molecular flexibility index (Phi) is 9.86. The molecule has 16 heteroatoms. The Morgan fingerprint density at radius 3 is 2.82 bits per heavy atom. The van der Waals surface area contributed by atoms with E-state index in [1.807, 2.05) is 0 Å². The van der Waals surface area contributed by atoms with Crippen LogP contribution in [0.3, 0.4) is 0 Å². The zero-order valence-corrected chi connectivity index (χ0v) is 18.6. The maximum absolute atomic E-state index is 12.5. The summed E-state index contributed by atoms with van der Waals surface area (Å²) in [7, 11) is 0. The molecule has 0 saturated carbocycles. The quantitative estimate of drug-likeness (QED) is 0.144. The van der Waals surface area contributed by atoms with Crippen LogP contribution in [0.25, 0.3) is 0 Å². The van der Waals surface area contributed by atoms with Crippen molar-refractivity contribution < 1.29 is 29.0 Å². The van der Waals surface area contributed by atoms with E-state index in [-0.39, 0.29) is 74.2 Å². The predicted molar refractivity (Wildman–Crippen MR) is 118 cm³/mol. The van der Waals surface area contributed by atoms with Crippen molar-refractivity contribution in [2.75, 3.05) is 48.3 Å². The first-order chi connectivity index (χ1) is 15.7. The van der Waals surface area contributed by atoms with Crippen molar-refractivity contribution >= 4 is 46.0 Å². The molecule has 0 fully saturated rings. The first-order valence-electron chi connectivity index (χ1n) is 9.86. The molecule has 1 aromatic heterocycles.